The van der Waals surface area contributed by atoms with Crippen molar-refractivity contribution in [2.24, 2.45) is 16.2 Å². The Morgan fingerprint density at radius 3 is 1.20 bits per heavy atom. The molecule has 3 fully saturated rings. The second-order valence-corrected chi connectivity index (χ2v) is 40.7. The molecule has 36 nitrogen and oxygen atoms in total. The predicted octanol–water partition coefficient (Wildman–Crippen LogP) is 11.4. The van der Waals surface area contributed by atoms with E-state index in [0.29, 0.717) is 70.6 Å². The predicted molar refractivity (Wildman–Crippen MR) is 455 cm³/mol. The molecular weight excluding hydrogens is 1780 g/mol. The molecule has 6 heterocycles. The van der Waals surface area contributed by atoms with Crippen LogP contribution in [-0.4, -0.2) is 149 Å². The minimum absolute atomic E-state index is 0.00766. The monoisotopic (exact) mass is 1890 g/mol. The zero-order valence-corrected chi connectivity index (χ0v) is 75.2. The van der Waals surface area contributed by atoms with E-state index in [0.717, 1.165) is 6.42 Å². The first-order valence-corrected chi connectivity index (χ1v) is 43.1. The van der Waals surface area contributed by atoms with E-state index in [4.69, 9.17) is 64.3 Å². The maximum Gasteiger partial charge on any atom is 0.351 e. The first-order valence-electron chi connectivity index (χ1n) is 38.0. The van der Waals surface area contributed by atoms with Crippen molar-refractivity contribution >= 4 is 93.8 Å². The van der Waals surface area contributed by atoms with Gasteiger partial charge in [0.15, 0.2) is 8.32 Å². The molecule has 10 N–H and O–H groups in total. The van der Waals surface area contributed by atoms with Crippen LogP contribution in [0.4, 0.5) is 34.5 Å². The fraction of sp³-hybridized carbons (Fsp3) is 0.582. The molecule has 118 heavy (non-hydrogen) atoms. The van der Waals surface area contributed by atoms with Gasteiger partial charge in [-0.05, 0) is 111 Å². The average molecular weight is 1890 g/mol. The van der Waals surface area contributed by atoms with Crippen LogP contribution in [0.3, 0.4) is 0 Å². The molecule has 0 radical (unpaired) electrons. The molecule has 3 aromatic heterocycles. The normalized spacial score (nSPS) is 20.3. The number of benzene rings is 3. The summed E-state index contributed by atoms with van der Waals surface area (Å²) in [7, 11) is 2.36. The number of Topliss-reactive ketones (excluding diaryl/α,β-unsaturated/α-hetero) is 1. The van der Waals surface area contributed by atoms with E-state index < -0.39 is 131 Å². The standard InChI is InChI=1S/C29H45IN4O7Si.C28H36N4O9.C22H29IN4O8/c1-11-21-23(41-42(9,10)29(5,6)7)14-24(40-21)33-15-17(26(31)32-27(33)35)16-39-25(28(2,3)4)18-12-22(38-8)19(30)13-20(18)34(36)37;1-16(34)8-6-7-9-17-10-20(32(37)38)19(11-22(17)39-5)25(28(2,3)4)40-15-18-13-31(27(36)30-26(18)29)24-12-21(35)23(14-33)41-24;1-22(2,3)19(12-5-16(33-4)13(23)6-14(12)27(31)32)34-10-11-8-26(21(30)25-20(11)24)18-7-15(29)17(9-28)35-18/h12-13,15,21,23-25H,11,14,16H2,1-10H3,(H2,31,32,35);10-11,13,21,23-25,33,35H,6,8,12,14-15H2,1-5H3,(H2,29,30,36);5-6,8,15,17-19,28-29H,7,9-10H2,1-4H3,(H2,24,25,30)/t2*21-,23-,24-,25-;15-,17-,18-,19-/m111/s1. The Hall–Kier alpha value is -8.23. The van der Waals surface area contributed by atoms with Gasteiger partial charge in [0.2, 0.25) is 0 Å². The first kappa shape index (κ1) is 96.9. The third-order valence-electron chi connectivity index (χ3n) is 20.5. The van der Waals surface area contributed by atoms with Crippen LogP contribution in [0.5, 0.6) is 17.2 Å². The lowest BCUT2D eigenvalue weighted by Crippen LogP contribution is -2.45. The number of nitrogen functional groups attached to an aromatic ring is 3. The van der Waals surface area contributed by atoms with Crippen molar-refractivity contribution in [1.82, 2.24) is 28.7 Å². The topological polar surface area (TPSA) is 502 Å². The molecule has 3 aliphatic rings. The molecule has 0 bridgehead atoms. The van der Waals surface area contributed by atoms with E-state index in [-0.39, 0.29) is 102 Å². The van der Waals surface area contributed by atoms with Crippen LogP contribution in [-0.2, 0) is 57.5 Å². The van der Waals surface area contributed by atoms with E-state index in [1.54, 1.807) is 18.3 Å². The molecule has 0 spiro atoms. The maximum absolute atomic E-state index is 13.0. The number of hydrogen-bond acceptors (Lipinski definition) is 30. The van der Waals surface area contributed by atoms with E-state index in [9.17, 15) is 69.9 Å². The quantitative estimate of drug-likeness (QED) is 0.00788. The van der Waals surface area contributed by atoms with Crippen LogP contribution >= 0.6 is 45.2 Å². The highest BCUT2D eigenvalue weighted by atomic mass is 127. The van der Waals surface area contributed by atoms with Crippen molar-refractivity contribution in [3.63, 3.8) is 0 Å². The second kappa shape index (κ2) is 40.4. The van der Waals surface area contributed by atoms with Gasteiger partial charge in [-0.1, -0.05) is 102 Å². The van der Waals surface area contributed by atoms with Crippen LogP contribution < -0.4 is 48.5 Å². The summed E-state index contributed by atoms with van der Waals surface area (Å²) in [5, 5.41) is 74.8. The Labute approximate surface area is 712 Å². The summed E-state index contributed by atoms with van der Waals surface area (Å²) in [6, 6.07) is 9.02. The van der Waals surface area contributed by atoms with Crippen LogP contribution in [0.25, 0.3) is 0 Å². The molecular formula is C79H110I2N12O24Si. The van der Waals surface area contributed by atoms with Gasteiger partial charge in [0, 0.05) is 85.6 Å². The van der Waals surface area contributed by atoms with E-state index in [1.165, 1.54) is 78.6 Å². The van der Waals surface area contributed by atoms with E-state index in [2.05, 4.69) is 60.7 Å². The molecule has 6 aromatic rings. The van der Waals surface area contributed by atoms with Gasteiger partial charge in [-0.25, -0.2) is 14.4 Å². The number of halogens is 2. The summed E-state index contributed by atoms with van der Waals surface area (Å²) >= 11 is 3.98. The molecule has 0 saturated carbocycles. The van der Waals surface area contributed by atoms with Crippen molar-refractivity contribution in [1.29, 1.82) is 0 Å². The number of carbonyl (C=O) groups is 1. The number of nitrogens with zero attached hydrogens (tertiary/aromatic N) is 9. The number of aliphatic hydroxyl groups is 4. The summed E-state index contributed by atoms with van der Waals surface area (Å²) < 4.78 is 64.3. The lowest BCUT2D eigenvalue weighted by atomic mass is 9.83. The molecule has 12 atom stereocenters. The van der Waals surface area contributed by atoms with Gasteiger partial charge in [0.05, 0.1) is 141 Å². The van der Waals surface area contributed by atoms with Crippen molar-refractivity contribution in [3.05, 3.63) is 163 Å². The molecule has 9 rings (SSSR count). The van der Waals surface area contributed by atoms with Gasteiger partial charge in [-0.3, -0.25) is 48.8 Å². The summed E-state index contributed by atoms with van der Waals surface area (Å²) in [6.07, 6.45) is -1.92. The Balaban J connectivity index is 0.000000245. The molecule has 0 amide bonds. The largest absolute Gasteiger partial charge is 0.496 e. The number of nitro groups is 3. The first-order chi connectivity index (χ1) is 54.9. The number of anilines is 3. The van der Waals surface area contributed by atoms with Gasteiger partial charge >= 0.3 is 17.1 Å². The number of rotatable bonds is 28. The Morgan fingerprint density at radius 1 is 0.576 bits per heavy atom. The highest BCUT2D eigenvalue weighted by Crippen LogP contribution is 2.48. The van der Waals surface area contributed by atoms with E-state index >= 15 is 0 Å². The second-order valence-electron chi connectivity index (χ2n) is 33.6. The summed E-state index contributed by atoms with van der Waals surface area (Å²) in [4.78, 5) is 95.5. The van der Waals surface area contributed by atoms with Crippen molar-refractivity contribution < 1.29 is 87.0 Å². The summed E-state index contributed by atoms with van der Waals surface area (Å²) in [5.41, 5.74) is 16.6. The lowest BCUT2D eigenvalue weighted by molar-refractivity contribution is -0.386. The van der Waals surface area contributed by atoms with Crippen molar-refractivity contribution in [2.45, 2.75) is 247 Å². The average Bonchev–Trinajstić information content (AvgIpc) is 1.56. The molecule has 0 aliphatic carbocycles. The van der Waals surface area contributed by atoms with Crippen LogP contribution in [0.1, 0.15) is 211 Å². The number of nitrogens with two attached hydrogens (primary N) is 3. The fourth-order valence-electron chi connectivity index (χ4n) is 13.3. The molecule has 0 unspecified atom stereocenters. The molecule has 3 aliphatic heterocycles. The molecule has 648 valence electrons. The summed E-state index contributed by atoms with van der Waals surface area (Å²) in [5.74, 6) is 6.92. The fourth-order valence-corrected chi connectivity index (χ4v) is 16.0. The van der Waals surface area contributed by atoms with E-state index in [1.807, 2.05) is 114 Å². The minimum atomic E-state index is -2.07. The number of methoxy groups -OCH3 is 3. The van der Waals surface area contributed by atoms with Gasteiger partial charge in [0.1, 0.15) is 71.4 Å². The van der Waals surface area contributed by atoms with Gasteiger partial charge in [-0.2, -0.15) is 15.0 Å². The summed E-state index contributed by atoms with van der Waals surface area (Å²) in [6.45, 7) is 30.4. The van der Waals surface area contributed by atoms with Crippen LogP contribution in [0.15, 0.2) is 69.4 Å². The third kappa shape index (κ3) is 24.1. The number of aliphatic hydroxyl groups excluding tert-OH is 4. The molecule has 39 heteroatoms. The molecule has 3 aromatic carbocycles. The number of hydrogen-bond donors (Lipinski definition) is 7. The third-order valence-corrected chi connectivity index (χ3v) is 26.7. The van der Waals surface area contributed by atoms with Gasteiger partial charge < -0.3 is 84.7 Å². The maximum atomic E-state index is 13.0. The molecule has 3 saturated heterocycles. The number of ketones is 1. The zero-order chi connectivity index (χ0) is 88.3. The Morgan fingerprint density at radius 2 is 0.907 bits per heavy atom. The van der Waals surface area contributed by atoms with Gasteiger partial charge in [0.25, 0.3) is 17.1 Å². The van der Waals surface area contributed by atoms with Crippen LogP contribution in [0, 0.1) is 65.6 Å². The Kier molecular flexibility index (Phi) is 33.2. The number of aromatic nitrogens is 6. The zero-order valence-electron chi connectivity index (χ0n) is 69.9. The lowest BCUT2D eigenvalue weighted by Gasteiger charge is -2.39. The number of ether oxygens (including phenoxy) is 9. The van der Waals surface area contributed by atoms with Crippen LogP contribution in [0.2, 0.25) is 18.1 Å². The van der Waals surface area contributed by atoms with Crippen molar-refractivity contribution in [3.8, 4) is 29.1 Å². The highest BCUT2D eigenvalue weighted by Gasteiger charge is 2.46. The minimum Gasteiger partial charge on any atom is -0.496 e. The van der Waals surface area contributed by atoms with Gasteiger partial charge in [-0.15, -0.1) is 0 Å². The number of nitro benzene ring substituents is 3. The SMILES string of the molecule is CC[C@H]1O[C@@H](n2cc(CO[C@H](c3cc(OC)c(I)cc3[N+](=O)[O-])C(C)(C)C)c(N)nc2=O)C[C@H]1O[Si](C)(C)C(C)(C)C.COc1cc([C@@H](OCc2cn([C@H]3C[C@@H](O)[C@@H](CO)O3)c(=O)nc2N)C(C)(C)C)c([N+](=O)[O-])cc1C#CCCC(C)=O.COc1cc([C@@H](OCc2cn([C@H]3C[C@@H](O)[C@@H](CO)O3)c(=O)nc2N)C(C)(C)C)c([N+](=O)[O-])cc1I. The number of carbonyl (C=O) groups excluding carboxylic acids is 1. The smallest absolute Gasteiger partial charge is 0.351 e. The van der Waals surface area contributed by atoms with Crippen molar-refractivity contribution in [2.75, 3.05) is 51.7 Å². The Bertz CT molecular complexity index is 4850. The highest BCUT2D eigenvalue weighted by molar-refractivity contribution is 14.1.